The van der Waals surface area contributed by atoms with Gasteiger partial charge in [0.05, 0.1) is 11.8 Å². The zero-order chi connectivity index (χ0) is 21.3. The minimum absolute atomic E-state index is 0.0134. The first-order valence-electron chi connectivity index (χ1n) is 9.19. The summed E-state index contributed by atoms with van der Waals surface area (Å²) in [7, 11) is -3.64. The van der Waals surface area contributed by atoms with E-state index in [0.29, 0.717) is 18.1 Å². The second-order valence-corrected chi connectivity index (χ2v) is 10.5. The molecule has 1 atom stereocenters. The summed E-state index contributed by atoms with van der Waals surface area (Å²) in [5.41, 5.74) is 1.94. The van der Waals surface area contributed by atoms with Crippen LogP contribution in [0.2, 0.25) is 5.02 Å². The van der Waals surface area contributed by atoms with E-state index in [9.17, 15) is 17.2 Å². The SMILES string of the molecule is O=S(=O)(C=C1CN([C@H](c2ccc(Cl)cc2)c2cccs2)C1)Cc1cc(F)cc(F)c1. The number of halogens is 3. The maximum absolute atomic E-state index is 13.3. The fourth-order valence-corrected chi connectivity index (χ4v) is 5.98. The standard InChI is InChI=1S/C22H18ClF2NO2S2/c23-18-5-3-17(4-6-18)22(21-2-1-7-29-21)26-11-16(12-26)14-30(27,28)13-15-8-19(24)10-20(25)9-15/h1-10,14,22H,11-13H2/t22-/m1/s1. The van der Waals surface area contributed by atoms with Crippen molar-refractivity contribution in [1.29, 1.82) is 0 Å². The molecule has 0 unspecified atom stereocenters. The van der Waals surface area contributed by atoms with Gasteiger partial charge in [-0.1, -0.05) is 29.8 Å². The van der Waals surface area contributed by atoms with Crippen molar-refractivity contribution in [2.75, 3.05) is 13.1 Å². The summed E-state index contributed by atoms with van der Waals surface area (Å²) in [6, 6.07) is 14.5. The number of nitrogens with zero attached hydrogens (tertiary/aromatic N) is 1. The largest absolute Gasteiger partial charge is 0.284 e. The number of benzene rings is 2. The Balaban J connectivity index is 1.50. The van der Waals surface area contributed by atoms with Crippen LogP contribution in [0.1, 0.15) is 22.0 Å². The molecule has 0 bridgehead atoms. The summed E-state index contributed by atoms with van der Waals surface area (Å²) in [5, 5.41) is 3.91. The highest BCUT2D eigenvalue weighted by atomic mass is 35.5. The normalized spacial score (nSPS) is 15.6. The third-order valence-corrected chi connectivity index (χ3v) is 7.42. The number of hydrogen-bond acceptors (Lipinski definition) is 4. The summed E-state index contributed by atoms with van der Waals surface area (Å²) >= 11 is 7.66. The van der Waals surface area contributed by atoms with Crippen LogP contribution in [-0.2, 0) is 15.6 Å². The van der Waals surface area contributed by atoms with Gasteiger partial charge in [-0.2, -0.15) is 0 Å². The van der Waals surface area contributed by atoms with Crippen LogP contribution < -0.4 is 0 Å². The van der Waals surface area contributed by atoms with Gasteiger partial charge in [0, 0.05) is 34.5 Å². The summed E-state index contributed by atoms with van der Waals surface area (Å²) in [6.45, 7) is 1.00. The van der Waals surface area contributed by atoms with Crippen molar-refractivity contribution in [3.8, 4) is 0 Å². The number of likely N-dealkylation sites (tertiary alicyclic amines) is 1. The second-order valence-electron chi connectivity index (χ2n) is 7.24. The molecule has 0 amide bonds. The molecule has 0 radical (unpaired) electrons. The molecule has 1 saturated heterocycles. The lowest BCUT2D eigenvalue weighted by atomic mass is 9.98. The molecule has 3 nitrogen and oxygen atoms in total. The Morgan fingerprint density at radius 2 is 1.73 bits per heavy atom. The molecular formula is C22H18ClF2NO2S2. The molecule has 1 aliphatic rings. The summed E-state index contributed by atoms with van der Waals surface area (Å²) in [5.74, 6) is -2.01. The van der Waals surface area contributed by atoms with E-state index in [1.807, 2.05) is 35.7 Å². The van der Waals surface area contributed by atoms with Gasteiger partial charge in [0.1, 0.15) is 11.6 Å². The van der Waals surface area contributed by atoms with Gasteiger partial charge in [0.25, 0.3) is 0 Å². The number of hydrogen-bond donors (Lipinski definition) is 0. The highest BCUT2D eigenvalue weighted by molar-refractivity contribution is 7.93. The van der Waals surface area contributed by atoms with Crippen molar-refractivity contribution in [3.63, 3.8) is 0 Å². The van der Waals surface area contributed by atoms with Gasteiger partial charge < -0.3 is 0 Å². The zero-order valence-electron chi connectivity index (χ0n) is 15.8. The van der Waals surface area contributed by atoms with Crippen molar-refractivity contribution in [3.05, 3.63) is 104 Å². The fourth-order valence-electron chi connectivity index (χ4n) is 3.60. The first-order valence-corrected chi connectivity index (χ1v) is 12.2. The summed E-state index contributed by atoms with van der Waals surface area (Å²) in [6.07, 6.45) is 0. The van der Waals surface area contributed by atoms with Crippen molar-refractivity contribution < 1.29 is 17.2 Å². The maximum atomic E-state index is 13.3. The van der Waals surface area contributed by atoms with Gasteiger partial charge in [-0.05, 0) is 52.4 Å². The van der Waals surface area contributed by atoms with Gasteiger partial charge in [-0.3, -0.25) is 4.90 Å². The monoisotopic (exact) mass is 465 g/mol. The number of thiophene rings is 1. The average molecular weight is 466 g/mol. The molecule has 156 valence electrons. The van der Waals surface area contributed by atoms with Crippen LogP contribution in [0.15, 0.2) is 71.0 Å². The predicted molar refractivity (Wildman–Crippen MR) is 116 cm³/mol. The van der Waals surface area contributed by atoms with Crippen molar-refractivity contribution >= 4 is 32.8 Å². The van der Waals surface area contributed by atoms with Gasteiger partial charge in [0.15, 0.2) is 9.84 Å². The third kappa shape index (κ3) is 4.98. The van der Waals surface area contributed by atoms with E-state index in [1.165, 1.54) is 5.41 Å². The highest BCUT2D eigenvalue weighted by Crippen LogP contribution is 2.37. The molecule has 0 aliphatic carbocycles. The van der Waals surface area contributed by atoms with Gasteiger partial charge >= 0.3 is 0 Å². The van der Waals surface area contributed by atoms with Crippen LogP contribution in [0.25, 0.3) is 0 Å². The molecular weight excluding hydrogens is 448 g/mol. The molecule has 3 aromatic rings. The Morgan fingerprint density at radius 3 is 2.33 bits per heavy atom. The second kappa shape index (κ2) is 8.59. The molecule has 1 aromatic heterocycles. The van der Waals surface area contributed by atoms with Crippen LogP contribution in [0.3, 0.4) is 0 Å². The van der Waals surface area contributed by atoms with E-state index in [4.69, 9.17) is 11.6 Å². The number of sulfone groups is 1. The molecule has 0 saturated carbocycles. The van der Waals surface area contributed by atoms with E-state index >= 15 is 0 Å². The fraction of sp³-hybridized carbons (Fsp3) is 0.182. The Labute approximate surface area is 183 Å². The van der Waals surface area contributed by atoms with Gasteiger partial charge in [-0.25, -0.2) is 17.2 Å². The molecule has 2 aromatic carbocycles. The van der Waals surface area contributed by atoms with Crippen LogP contribution >= 0.6 is 22.9 Å². The Bertz CT molecular complexity index is 1150. The minimum atomic E-state index is -3.64. The maximum Gasteiger partial charge on any atom is 0.175 e. The van der Waals surface area contributed by atoms with E-state index in [0.717, 1.165) is 34.2 Å². The Kier molecular flexibility index (Phi) is 6.06. The molecule has 4 rings (SSSR count). The van der Waals surface area contributed by atoms with Crippen molar-refractivity contribution in [1.82, 2.24) is 4.90 Å². The lowest BCUT2D eigenvalue weighted by molar-refractivity contribution is 0.204. The minimum Gasteiger partial charge on any atom is -0.284 e. The molecule has 8 heteroatoms. The van der Waals surface area contributed by atoms with Crippen LogP contribution in [-0.4, -0.2) is 26.4 Å². The van der Waals surface area contributed by atoms with E-state index in [-0.39, 0.29) is 11.6 Å². The molecule has 2 heterocycles. The lowest BCUT2D eigenvalue weighted by Gasteiger charge is -2.40. The van der Waals surface area contributed by atoms with E-state index in [2.05, 4.69) is 11.0 Å². The molecule has 30 heavy (non-hydrogen) atoms. The van der Waals surface area contributed by atoms with Crippen LogP contribution in [0.4, 0.5) is 8.78 Å². The van der Waals surface area contributed by atoms with Crippen LogP contribution in [0.5, 0.6) is 0 Å². The summed E-state index contributed by atoms with van der Waals surface area (Å²) in [4.78, 5) is 3.34. The zero-order valence-corrected chi connectivity index (χ0v) is 18.2. The Morgan fingerprint density at radius 1 is 1.07 bits per heavy atom. The smallest absolute Gasteiger partial charge is 0.175 e. The Hall–Kier alpha value is -2.06. The average Bonchev–Trinajstić information content (AvgIpc) is 3.14. The van der Waals surface area contributed by atoms with E-state index in [1.54, 1.807) is 11.3 Å². The lowest BCUT2D eigenvalue weighted by Crippen LogP contribution is -2.43. The quantitative estimate of drug-likeness (QED) is 0.476. The van der Waals surface area contributed by atoms with Gasteiger partial charge in [-0.15, -0.1) is 11.3 Å². The molecule has 1 aliphatic heterocycles. The summed E-state index contributed by atoms with van der Waals surface area (Å²) < 4.78 is 51.7. The molecule has 1 fully saturated rings. The third-order valence-electron chi connectivity index (χ3n) is 4.81. The van der Waals surface area contributed by atoms with Crippen LogP contribution in [0, 0.1) is 11.6 Å². The van der Waals surface area contributed by atoms with E-state index < -0.39 is 27.2 Å². The topological polar surface area (TPSA) is 37.4 Å². The predicted octanol–water partition coefficient (Wildman–Crippen LogP) is 5.58. The van der Waals surface area contributed by atoms with Crippen molar-refractivity contribution in [2.45, 2.75) is 11.8 Å². The molecule has 0 N–H and O–H groups in total. The number of rotatable bonds is 6. The van der Waals surface area contributed by atoms with Gasteiger partial charge in [0.2, 0.25) is 0 Å². The molecule has 0 spiro atoms. The highest BCUT2D eigenvalue weighted by Gasteiger charge is 2.31. The van der Waals surface area contributed by atoms with Crippen molar-refractivity contribution in [2.24, 2.45) is 0 Å². The first kappa shape index (κ1) is 21.2. The first-order chi connectivity index (χ1) is 14.3.